The molecule has 0 aliphatic carbocycles. The topological polar surface area (TPSA) is 66.7 Å². The monoisotopic (exact) mass is 574 g/mol. The maximum Gasteiger partial charge on any atom is 0.191 e. The number of hydrogen-bond donors (Lipinski definition) is 2. The van der Waals surface area contributed by atoms with Gasteiger partial charge in [0, 0.05) is 45.1 Å². The molecule has 0 saturated carbocycles. The van der Waals surface area contributed by atoms with E-state index in [0.717, 1.165) is 51.9 Å². The van der Waals surface area contributed by atoms with E-state index in [1.54, 1.807) is 0 Å². The molecule has 1 aliphatic heterocycles. The van der Waals surface area contributed by atoms with Gasteiger partial charge in [-0.3, -0.25) is 9.58 Å². The highest BCUT2D eigenvalue weighted by Crippen LogP contribution is 2.12. The molecule has 34 heavy (non-hydrogen) atoms. The molecule has 0 atom stereocenters. The van der Waals surface area contributed by atoms with Crippen LogP contribution >= 0.6 is 24.0 Å². The molecule has 0 unspecified atom stereocenters. The van der Waals surface area contributed by atoms with Crippen LogP contribution in [0.15, 0.2) is 72.0 Å². The van der Waals surface area contributed by atoms with Crippen LogP contribution in [0.4, 0.5) is 0 Å². The summed E-state index contributed by atoms with van der Waals surface area (Å²) < 4.78 is 7.41. The Bertz CT molecular complexity index is 1020. The van der Waals surface area contributed by atoms with Crippen molar-refractivity contribution in [1.29, 1.82) is 0 Å². The van der Waals surface area contributed by atoms with Crippen LogP contribution in [-0.2, 0) is 30.9 Å². The lowest BCUT2D eigenvalue weighted by atomic mass is 10.1. The fourth-order valence-electron chi connectivity index (χ4n) is 3.99. The lowest BCUT2D eigenvalue weighted by Crippen LogP contribution is -2.37. The smallest absolute Gasteiger partial charge is 0.191 e. The molecular weight excluding hydrogens is 539 g/mol. The van der Waals surface area contributed by atoms with Gasteiger partial charge in [0.05, 0.1) is 26.3 Å². The quantitative estimate of drug-likeness (QED) is 0.232. The summed E-state index contributed by atoms with van der Waals surface area (Å²) in [5, 5.41) is 11.2. The summed E-state index contributed by atoms with van der Waals surface area (Å²) in [4.78, 5) is 7.28. The third-order valence-electron chi connectivity index (χ3n) is 5.72. The minimum Gasteiger partial charge on any atom is -0.379 e. The van der Waals surface area contributed by atoms with E-state index in [9.17, 15) is 0 Å². The van der Waals surface area contributed by atoms with Gasteiger partial charge in [0.2, 0.25) is 0 Å². The van der Waals surface area contributed by atoms with Gasteiger partial charge in [-0.1, -0.05) is 48.5 Å². The summed E-state index contributed by atoms with van der Waals surface area (Å²) in [5.41, 5.74) is 5.04. The van der Waals surface area contributed by atoms with E-state index < -0.39 is 0 Å². The Hall–Kier alpha value is -2.43. The Kier molecular flexibility index (Phi) is 10.8. The predicted octanol–water partition coefficient (Wildman–Crippen LogP) is 3.64. The fraction of sp³-hybridized carbons (Fsp3) is 0.385. The van der Waals surface area contributed by atoms with E-state index >= 15 is 0 Å². The minimum atomic E-state index is 0. The van der Waals surface area contributed by atoms with E-state index in [-0.39, 0.29) is 24.0 Å². The van der Waals surface area contributed by atoms with E-state index in [1.807, 2.05) is 23.1 Å². The van der Waals surface area contributed by atoms with Crippen LogP contribution in [0.25, 0.3) is 0 Å². The Balaban J connectivity index is 0.00000324. The van der Waals surface area contributed by atoms with Crippen LogP contribution in [0, 0.1) is 0 Å². The van der Waals surface area contributed by atoms with Gasteiger partial charge in [-0.2, -0.15) is 5.10 Å². The third kappa shape index (κ3) is 8.11. The molecule has 1 aromatic heterocycles. The van der Waals surface area contributed by atoms with Crippen molar-refractivity contribution < 1.29 is 4.74 Å². The Morgan fingerprint density at radius 2 is 1.76 bits per heavy atom. The highest BCUT2D eigenvalue weighted by atomic mass is 127. The van der Waals surface area contributed by atoms with Crippen molar-refractivity contribution >= 4 is 29.9 Å². The van der Waals surface area contributed by atoms with Gasteiger partial charge in [0.15, 0.2) is 5.96 Å². The number of rotatable bonds is 9. The molecular formula is C26H35IN6O. The standard InChI is InChI=1S/C26H34N6O.HI/c1-2-27-26(29-19-24-9-3-4-10-25(24)21-32-12-6-11-30-32)28-18-22-7-5-8-23(17-22)20-31-13-15-33-16-14-31;/h3-12,17H,2,13-16,18-21H2,1H3,(H2,27,28,29);1H. The largest absolute Gasteiger partial charge is 0.379 e. The number of benzene rings is 2. The number of nitrogens with one attached hydrogen (secondary N) is 2. The van der Waals surface area contributed by atoms with Crippen molar-refractivity contribution in [1.82, 2.24) is 25.3 Å². The average Bonchev–Trinajstić information content (AvgIpc) is 3.36. The van der Waals surface area contributed by atoms with E-state index in [0.29, 0.717) is 13.1 Å². The second kappa shape index (κ2) is 14.1. The maximum atomic E-state index is 5.46. The lowest BCUT2D eigenvalue weighted by Gasteiger charge is -2.26. The molecule has 7 nitrogen and oxygen atoms in total. The number of hydrogen-bond acceptors (Lipinski definition) is 4. The second-order valence-corrected chi connectivity index (χ2v) is 8.23. The molecule has 0 spiro atoms. The highest BCUT2D eigenvalue weighted by Gasteiger charge is 2.11. The number of morpholine rings is 1. The van der Waals surface area contributed by atoms with Crippen molar-refractivity contribution in [3.05, 3.63) is 89.2 Å². The van der Waals surface area contributed by atoms with Crippen molar-refractivity contribution in [2.24, 2.45) is 4.99 Å². The van der Waals surface area contributed by atoms with E-state index in [1.165, 1.54) is 22.3 Å². The zero-order valence-corrected chi connectivity index (χ0v) is 22.2. The van der Waals surface area contributed by atoms with Crippen molar-refractivity contribution in [2.75, 3.05) is 32.8 Å². The van der Waals surface area contributed by atoms with Crippen LogP contribution in [0.5, 0.6) is 0 Å². The molecule has 0 bridgehead atoms. The lowest BCUT2D eigenvalue weighted by molar-refractivity contribution is 0.0342. The Morgan fingerprint density at radius 1 is 0.971 bits per heavy atom. The van der Waals surface area contributed by atoms with Crippen LogP contribution in [-0.4, -0.2) is 53.5 Å². The predicted molar refractivity (Wildman–Crippen MR) is 147 cm³/mol. The SMILES string of the molecule is CCNC(=NCc1cccc(CN2CCOCC2)c1)NCc1ccccc1Cn1cccn1.I. The van der Waals surface area contributed by atoms with Gasteiger partial charge in [0.25, 0.3) is 0 Å². The molecule has 1 saturated heterocycles. The van der Waals surface area contributed by atoms with Crippen LogP contribution < -0.4 is 10.6 Å². The van der Waals surface area contributed by atoms with E-state index in [2.05, 4.69) is 76.1 Å². The second-order valence-electron chi connectivity index (χ2n) is 8.23. The molecule has 3 aromatic rings. The highest BCUT2D eigenvalue weighted by molar-refractivity contribution is 14.0. The van der Waals surface area contributed by atoms with E-state index in [4.69, 9.17) is 9.73 Å². The number of guanidine groups is 1. The number of ether oxygens (including phenoxy) is 1. The number of aromatic nitrogens is 2. The van der Waals surface area contributed by atoms with Gasteiger partial charge in [-0.25, -0.2) is 4.99 Å². The van der Waals surface area contributed by atoms with Gasteiger partial charge in [-0.15, -0.1) is 24.0 Å². The molecule has 1 fully saturated rings. The van der Waals surface area contributed by atoms with Gasteiger partial charge >= 0.3 is 0 Å². The molecule has 8 heteroatoms. The zero-order chi connectivity index (χ0) is 22.7. The first-order valence-electron chi connectivity index (χ1n) is 11.7. The number of halogens is 1. The Morgan fingerprint density at radius 3 is 2.53 bits per heavy atom. The number of nitrogens with zero attached hydrogens (tertiary/aromatic N) is 4. The molecule has 2 aromatic carbocycles. The first-order valence-corrected chi connectivity index (χ1v) is 11.7. The molecule has 0 amide bonds. The van der Waals surface area contributed by atoms with Gasteiger partial charge in [0.1, 0.15) is 0 Å². The van der Waals surface area contributed by atoms with Crippen molar-refractivity contribution in [3.63, 3.8) is 0 Å². The van der Waals surface area contributed by atoms with Crippen molar-refractivity contribution in [3.8, 4) is 0 Å². The minimum absolute atomic E-state index is 0. The number of aliphatic imine (C=N–C) groups is 1. The van der Waals surface area contributed by atoms with Gasteiger partial charge in [-0.05, 0) is 35.2 Å². The molecule has 0 radical (unpaired) electrons. The molecule has 2 N–H and O–H groups in total. The Labute approximate surface area is 219 Å². The summed E-state index contributed by atoms with van der Waals surface area (Å²) in [5.74, 6) is 0.824. The fourth-order valence-corrected chi connectivity index (χ4v) is 3.99. The zero-order valence-electron chi connectivity index (χ0n) is 19.8. The summed E-state index contributed by atoms with van der Waals surface area (Å²) in [6.07, 6.45) is 3.80. The van der Waals surface area contributed by atoms with Gasteiger partial charge < -0.3 is 15.4 Å². The summed E-state index contributed by atoms with van der Waals surface area (Å²) in [6, 6.07) is 19.2. The average molecular weight is 575 g/mol. The van der Waals surface area contributed by atoms with Crippen LogP contribution in [0.1, 0.15) is 29.2 Å². The molecule has 182 valence electrons. The summed E-state index contributed by atoms with van der Waals surface area (Å²) in [7, 11) is 0. The molecule has 4 rings (SSSR count). The summed E-state index contributed by atoms with van der Waals surface area (Å²) >= 11 is 0. The normalized spacial score (nSPS) is 14.4. The van der Waals surface area contributed by atoms with Crippen molar-refractivity contribution in [2.45, 2.75) is 33.1 Å². The van der Waals surface area contributed by atoms with Crippen LogP contribution in [0.2, 0.25) is 0 Å². The third-order valence-corrected chi connectivity index (χ3v) is 5.72. The molecule has 1 aliphatic rings. The first kappa shape index (κ1) is 26.2. The first-order chi connectivity index (χ1) is 16.3. The molecule has 2 heterocycles. The van der Waals surface area contributed by atoms with Crippen LogP contribution in [0.3, 0.4) is 0 Å². The summed E-state index contributed by atoms with van der Waals surface area (Å²) in [6.45, 7) is 9.63. The maximum absolute atomic E-state index is 5.46.